The first-order chi connectivity index (χ1) is 11.1. The topological polar surface area (TPSA) is 85.1 Å². The number of anilines is 1. The Kier molecular flexibility index (Phi) is 4.34. The van der Waals surface area contributed by atoms with Crippen LogP contribution >= 0.6 is 11.3 Å². The molecule has 0 bridgehead atoms. The van der Waals surface area contributed by atoms with Gasteiger partial charge in [-0.3, -0.25) is 9.59 Å². The lowest BCUT2D eigenvalue weighted by Gasteiger charge is -2.06. The molecule has 3 aromatic rings. The fourth-order valence-corrected chi connectivity index (χ4v) is 3.22. The second kappa shape index (κ2) is 6.58. The molecule has 0 fully saturated rings. The van der Waals surface area contributed by atoms with Crippen molar-refractivity contribution in [2.45, 2.75) is 12.8 Å². The summed E-state index contributed by atoms with van der Waals surface area (Å²) in [6.45, 7) is 0. The number of aromatic nitrogens is 1. The third-order valence-electron chi connectivity index (χ3n) is 3.44. The van der Waals surface area contributed by atoms with Gasteiger partial charge in [0.2, 0.25) is 11.8 Å². The first-order valence-electron chi connectivity index (χ1n) is 7.16. The van der Waals surface area contributed by atoms with Crippen LogP contribution in [0.15, 0.2) is 48.5 Å². The Balaban J connectivity index is 1.65. The van der Waals surface area contributed by atoms with Crippen molar-refractivity contribution >= 4 is 38.5 Å². The Morgan fingerprint density at radius 1 is 1.09 bits per heavy atom. The Bertz CT molecular complexity index is 840. The van der Waals surface area contributed by atoms with Gasteiger partial charge < -0.3 is 11.1 Å². The molecule has 2 aromatic carbocycles. The highest BCUT2D eigenvalue weighted by Crippen LogP contribution is 2.25. The van der Waals surface area contributed by atoms with Crippen LogP contribution in [0.5, 0.6) is 0 Å². The van der Waals surface area contributed by atoms with E-state index in [-0.39, 0.29) is 12.3 Å². The molecule has 0 radical (unpaired) electrons. The van der Waals surface area contributed by atoms with E-state index in [9.17, 15) is 9.59 Å². The number of carbonyl (C=O) groups excluding carboxylic acids is 2. The molecular formula is C17H15N3O2S. The molecule has 6 heteroatoms. The van der Waals surface area contributed by atoms with Gasteiger partial charge in [0.25, 0.3) is 0 Å². The van der Waals surface area contributed by atoms with Gasteiger partial charge in [-0.15, -0.1) is 0 Å². The quantitative estimate of drug-likeness (QED) is 0.756. The molecule has 3 N–H and O–H groups in total. The van der Waals surface area contributed by atoms with E-state index in [0.29, 0.717) is 17.1 Å². The summed E-state index contributed by atoms with van der Waals surface area (Å²) in [7, 11) is 0. The van der Waals surface area contributed by atoms with E-state index in [1.54, 1.807) is 12.1 Å². The summed E-state index contributed by atoms with van der Waals surface area (Å²) >= 11 is 1.44. The molecule has 1 aromatic heterocycles. The number of thiazole rings is 1. The molecule has 0 atom stereocenters. The molecule has 1 heterocycles. The molecular weight excluding hydrogens is 310 g/mol. The molecule has 5 nitrogen and oxygen atoms in total. The smallest absolute Gasteiger partial charge is 0.248 e. The van der Waals surface area contributed by atoms with Gasteiger partial charge in [-0.05, 0) is 30.2 Å². The lowest BCUT2D eigenvalue weighted by molar-refractivity contribution is -0.116. The standard InChI is InChI=1S/C17H15N3O2S/c18-16(22)12-6-2-1-5-11(12)9-10-15(21)20-17-19-13-7-3-4-8-14(13)23-17/h1-8H,9-10H2,(H2,18,22)(H,19,20,21). The number of hydrogen-bond donors (Lipinski definition) is 2. The third kappa shape index (κ3) is 3.54. The monoisotopic (exact) mass is 325 g/mol. The maximum atomic E-state index is 12.1. The van der Waals surface area contributed by atoms with Crippen LogP contribution in [0.1, 0.15) is 22.3 Å². The van der Waals surface area contributed by atoms with E-state index in [1.165, 1.54) is 11.3 Å². The predicted octanol–water partition coefficient (Wildman–Crippen LogP) is 2.97. The van der Waals surface area contributed by atoms with E-state index in [2.05, 4.69) is 10.3 Å². The van der Waals surface area contributed by atoms with Crippen molar-refractivity contribution in [2.24, 2.45) is 5.73 Å². The number of rotatable bonds is 5. The number of nitrogens with two attached hydrogens (primary N) is 1. The van der Waals surface area contributed by atoms with Gasteiger partial charge in [-0.25, -0.2) is 4.98 Å². The number of benzene rings is 2. The van der Waals surface area contributed by atoms with Gasteiger partial charge in [0.15, 0.2) is 5.13 Å². The van der Waals surface area contributed by atoms with Crippen molar-refractivity contribution < 1.29 is 9.59 Å². The molecule has 3 rings (SSSR count). The highest BCUT2D eigenvalue weighted by atomic mass is 32.1. The zero-order valence-corrected chi connectivity index (χ0v) is 13.1. The molecule has 2 amide bonds. The van der Waals surface area contributed by atoms with Gasteiger partial charge in [0.05, 0.1) is 10.2 Å². The van der Waals surface area contributed by atoms with Crippen LogP contribution in [-0.2, 0) is 11.2 Å². The average Bonchev–Trinajstić information content (AvgIpc) is 2.95. The van der Waals surface area contributed by atoms with E-state index in [4.69, 9.17) is 5.73 Å². The molecule has 0 aliphatic rings. The molecule has 0 unspecified atom stereocenters. The van der Waals surface area contributed by atoms with Crippen LogP contribution in [0.2, 0.25) is 0 Å². The minimum atomic E-state index is -0.479. The largest absolute Gasteiger partial charge is 0.366 e. The Hall–Kier alpha value is -2.73. The fraction of sp³-hybridized carbons (Fsp3) is 0.118. The summed E-state index contributed by atoms with van der Waals surface area (Å²) in [6.07, 6.45) is 0.718. The first-order valence-corrected chi connectivity index (χ1v) is 7.98. The number of amides is 2. The summed E-state index contributed by atoms with van der Waals surface area (Å²) in [4.78, 5) is 27.8. The van der Waals surface area contributed by atoms with Crippen LogP contribution in [0.25, 0.3) is 10.2 Å². The van der Waals surface area contributed by atoms with Crippen molar-refractivity contribution in [3.63, 3.8) is 0 Å². The fourth-order valence-electron chi connectivity index (χ4n) is 2.33. The molecule has 0 spiro atoms. The number of nitrogens with zero attached hydrogens (tertiary/aromatic N) is 1. The SMILES string of the molecule is NC(=O)c1ccccc1CCC(=O)Nc1nc2ccccc2s1. The normalized spacial score (nSPS) is 10.6. The Morgan fingerprint density at radius 2 is 1.83 bits per heavy atom. The van der Waals surface area contributed by atoms with E-state index in [0.717, 1.165) is 15.8 Å². The van der Waals surface area contributed by atoms with Crippen LogP contribution in [-0.4, -0.2) is 16.8 Å². The van der Waals surface area contributed by atoms with Crippen molar-refractivity contribution in [2.75, 3.05) is 5.32 Å². The number of nitrogens with one attached hydrogen (secondary N) is 1. The number of hydrogen-bond acceptors (Lipinski definition) is 4. The third-order valence-corrected chi connectivity index (χ3v) is 4.40. The van der Waals surface area contributed by atoms with Crippen molar-refractivity contribution in [1.82, 2.24) is 4.98 Å². The number of para-hydroxylation sites is 1. The van der Waals surface area contributed by atoms with Crippen LogP contribution in [0, 0.1) is 0 Å². The minimum absolute atomic E-state index is 0.136. The van der Waals surface area contributed by atoms with Gasteiger partial charge in [-0.2, -0.15) is 0 Å². The number of fused-ring (bicyclic) bond motifs is 1. The molecule has 23 heavy (non-hydrogen) atoms. The van der Waals surface area contributed by atoms with Gasteiger partial charge in [0.1, 0.15) is 0 Å². The molecule has 0 saturated heterocycles. The van der Waals surface area contributed by atoms with Crippen LogP contribution < -0.4 is 11.1 Å². The maximum Gasteiger partial charge on any atom is 0.248 e. The summed E-state index contributed by atoms with van der Waals surface area (Å²) < 4.78 is 1.03. The van der Waals surface area contributed by atoms with Gasteiger partial charge in [0, 0.05) is 12.0 Å². The van der Waals surface area contributed by atoms with Crippen molar-refractivity contribution in [3.8, 4) is 0 Å². The zero-order valence-electron chi connectivity index (χ0n) is 12.3. The maximum absolute atomic E-state index is 12.1. The number of aryl methyl sites for hydroxylation is 1. The molecule has 0 aliphatic carbocycles. The Labute approximate surface area is 137 Å². The molecule has 0 saturated carbocycles. The number of carbonyl (C=O) groups is 2. The summed E-state index contributed by atoms with van der Waals surface area (Å²) in [5, 5.41) is 3.39. The minimum Gasteiger partial charge on any atom is -0.366 e. The van der Waals surface area contributed by atoms with Gasteiger partial charge >= 0.3 is 0 Å². The zero-order chi connectivity index (χ0) is 16.2. The van der Waals surface area contributed by atoms with E-state index < -0.39 is 5.91 Å². The summed E-state index contributed by atoms with van der Waals surface area (Å²) in [6, 6.07) is 14.8. The predicted molar refractivity (Wildman–Crippen MR) is 91.5 cm³/mol. The highest BCUT2D eigenvalue weighted by Gasteiger charge is 2.11. The van der Waals surface area contributed by atoms with Crippen LogP contribution in [0.4, 0.5) is 5.13 Å². The Morgan fingerprint density at radius 3 is 2.61 bits per heavy atom. The molecule has 116 valence electrons. The number of primary amides is 1. The summed E-state index contributed by atoms with van der Waals surface area (Å²) in [5.41, 5.74) is 7.44. The second-order valence-electron chi connectivity index (χ2n) is 5.06. The van der Waals surface area contributed by atoms with Crippen LogP contribution in [0.3, 0.4) is 0 Å². The average molecular weight is 325 g/mol. The molecule has 0 aliphatic heterocycles. The first kappa shape index (κ1) is 15.2. The van der Waals surface area contributed by atoms with Crippen molar-refractivity contribution in [3.05, 3.63) is 59.7 Å². The van der Waals surface area contributed by atoms with E-state index >= 15 is 0 Å². The second-order valence-corrected chi connectivity index (χ2v) is 6.09. The van der Waals surface area contributed by atoms with Gasteiger partial charge in [-0.1, -0.05) is 41.7 Å². The van der Waals surface area contributed by atoms with E-state index in [1.807, 2.05) is 36.4 Å². The highest BCUT2D eigenvalue weighted by molar-refractivity contribution is 7.22. The van der Waals surface area contributed by atoms with Crippen molar-refractivity contribution in [1.29, 1.82) is 0 Å². The summed E-state index contributed by atoms with van der Waals surface area (Å²) in [5.74, 6) is -0.615. The lowest BCUT2D eigenvalue weighted by Crippen LogP contribution is -2.16. The lowest BCUT2D eigenvalue weighted by atomic mass is 10.0.